The van der Waals surface area contributed by atoms with Crippen molar-refractivity contribution in [2.45, 2.75) is 89.4 Å². The zero-order valence-corrected chi connectivity index (χ0v) is 11.5. The van der Waals surface area contributed by atoms with Gasteiger partial charge in [-0.2, -0.15) is 0 Å². The van der Waals surface area contributed by atoms with Gasteiger partial charge in [0, 0.05) is 0 Å². The smallest absolute Gasteiger partial charge is 0.121 e. The van der Waals surface area contributed by atoms with Crippen LogP contribution in [0.1, 0.15) is 72.6 Å². The Kier molecular flexibility index (Phi) is 4.88. The summed E-state index contributed by atoms with van der Waals surface area (Å²) in [6.07, 6.45) is 7.40. The molecule has 0 bridgehead atoms. The van der Waals surface area contributed by atoms with E-state index < -0.39 is 5.67 Å². The third kappa shape index (κ3) is 4.10. The Labute approximate surface area is 102 Å². The molecule has 1 rings (SSSR count). The van der Waals surface area contributed by atoms with Gasteiger partial charge in [-0.1, -0.05) is 64.0 Å². The molecule has 1 fully saturated rings. The molecule has 2 heteroatoms. The van der Waals surface area contributed by atoms with Crippen LogP contribution in [-0.2, 0) is 0 Å². The number of alkyl halides is 1. The fourth-order valence-corrected chi connectivity index (χ4v) is 3.01. The van der Waals surface area contributed by atoms with Gasteiger partial charge in [0.15, 0.2) is 0 Å². The lowest BCUT2D eigenvalue weighted by atomic mass is 9.40. The number of halogens is 1. The van der Waals surface area contributed by atoms with Crippen LogP contribution in [0.25, 0.3) is 0 Å². The molecule has 0 unspecified atom stereocenters. The van der Waals surface area contributed by atoms with Gasteiger partial charge in [0.25, 0.3) is 0 Å². The second-order valence-corrected chi connectivity index (χ2v) is 6.29. The molecule has 0 aromatic carbocycles. The Bertz CT molecular complexity index is 201. The highest BCUT2D eigenvalue weighted by Crippen LogP contribution is 2.51. The minimum Gasteiger partial charge on any atom is -0.244 e. The number of rotatable bonds is 5. The summed E-state index contributed by atoms with van der Waals surface area (Å²) < 4.78 is 13.9. The topological polar surface area (TPSA) is 0 Å². The molecular weight excluding hydrogens is 198 g/mol. The van der Waals surface area contributed by atoms with E-state index in [2.05, 4.69) is 28.1 Å². The van der Waals surface area contributed by atoms with Crippen molar-refractivity contribution in [2.24, 2.45) is 0 Å². The standard InChI is InChI=1S/C14H27BF/c1-5-6-7-14(15-12(2)3)10-8-13(4,16)9-11-14/h12H,5-11H2,1-4H3. The number of hydrogen-bond acceptors (Lipinski definition) is 0. The first-order valence-electron chi connectivity index (χ1n) is 6.94. The van der Waals surface area contributed by atoms with Crippen molar-refractivity contribution in [2.75, 3.05) is 0 Å². The van der Waals surface area contributed by atoms with E-state index in [9.17, 15) is 4.39 Å². The minimum absolute atomic E-state index is 0.343. The van der Waals surface area contributed by atoms with E-state index in [-0.39, 0.29) is 0 Å². The van der Waals surface area contributed by atoms with Crippen LogP contribution in [0.2, 0.25) is 11.1 Å². The Morgan fingerprint density at radius 2 is 1.75 bits per heavy atom. The maximum absolute atomic E-state index is 13.9. The molecule has 0 aromatic rings. The Hall–Kier alpha value is -0.00506. The lowest BCUT2D eigenvalue weighted by Crippen LogP contribution is -2.34. The van der Waals surface area contributed by atoms with E-state index in [4.69, 9.17) is 0 Å². The average molecular weight is 225 g/mol. The second-order valence-electron chi connectivity index (χ2n) is 6.29. The van der Waals surface area contributed by atoms with E-state index in [1.165, 1.54) is 19.3 Å². The van der Waals surface area contributed by atoms with Crippen LogP contribution in [0, 0.1) is 0 Å². The van der Waals surface area contributed by atoms with Crippen LogP contribution in [0.15, 0.2) is 0 Å². The molecule has 1 radical (unpaired) electrons. The van der Waals surface area contributed by atoms with Gasteiger partial charge in [0.1, 0.15) is 12.9 Å². The predicted octanol–water partition coefficient (Wildman–Crippen LogP) is 5.17. The van der Waals surface area contributed by atoms with Crippen molar-refractivity contribution in [1.29, 1.82) is 0 Å². The monoisotopic (exact) mass is 225 g/mol. The average Bonchev–Trinajstić information content (AvgIpc) is 2.19. The fourth-order valence-electron chi connectivity index (χ4n) is 3.01. The normalized spacial score (nSPS) is 35.4. The molecule has 0 nitrogen and oxygen atoms in total. The van der Waals surface area contributed by atoms with E-state index in [0.717, 1.165) is 25.7 Å². The zero-order valence-electron chi connectivity index (χ0n) is 11.5. The van der Waals surface area contributed by atoms with Gasteiger partial charge >= 0.3 is 0 Å². The van der Waals surface area contributed by atoms with Crippen LogP contribution in [0.4, 0.5) is 4.39 Å². The van der Waals surface area contributed by atoms with Crippen LogP contribution < -0.4 is 0 Å². The van der Waals surface area contributed by atoms with Crippen molar-refractivity contribution in [3.63, 3.8) is 0 Å². The molecule has 0 aromatic heterocycles. The Balaban J connectivity index is 2.58. The predicted molar refractivity (Wildman–Crippen MR) is 71.1 cm³/mol. The quantitative estimate of drug-likeness (QED) is 0.566. The van der Waals surface area contributed by atoms with E-state index in [1.54, 1.807) is 6.92 Å². The highest BCUT2D eigenvalue weighted by Gasteiger charge is 2.40. The molecular formula is C14H27BF. The molecule has 0 spiro atoms. The number of unbranched alkanes of at least 4 members (excludes halogenated alkanes) is 1. The number of hydrogen-bond donors (Lipinski definition) is 0. The van der Waals surface area contributed by atoms with E-state index in [1.807, 2.05) is 0 Å². The minimum atomic E-state index is -0.902. The van der Waals surface area contributed by atoms with Gasteiger partial charge in [-0.25, -0.2) is 4.39 Å². The van der Waals surface area contributed by atoms with E-state index in [0.29, 0.717) is 11.1 Å². The zero-order chi connectivity index (χ0) is 12.2. The van der Waals surface area contributed by atoms with Gasteiger partial charge in [0.2, 0.25) is 0 Å². The molecule has 0 amide bonds. The molecule has 16 heavy (non-hydrogen) atoms. The van der Waals surface area contributed by atoms with Gasteiger partial charge < -0.3 is 0 Å². The second kappa shape index (κ2) is 5.55. The highest BCUT2D eigenvalue weighted by atomic mass is 19.1. The summed E-state index contributed by atoms with van der Waals surface area (Å²) in [5, 5.41) is 0.343. The van der Waals surface area contributed by atoms with Gasteiger partial charge in [-0.15, -0.1) is 0 Å². The summed E-state index contributed by atoms with van der Waals surface area (Å²) in [5.74, 6) is 0.626. The Morgan fingerprint density at radius 3 is 2.19 bits per heavy atom. The molecule has 0 heterocycles. The molecule has 1 saturated carbocycles. The van der Waals surface area contributed by atoms with Crippen LogP contribution in [0.3, 0.4) is 0 Å². The van der Waals surface area contributed by atoms with Crippen molar-refractivity contribution >= 4 is 7.28 Å². The summed E-state index contributed by atoms with van der Waals surface area (Å²) >= 11 is 0. The molecule has 1 aliphatic carbocycles. The summed E-state index contributed by atoms with van der Waals surface area (Å²) in [7, 11) is 2.50. The summed E-state index contributed by atoms with van der Waals surface area (Å²) in [6.45, 7) is 8.51. The largest absolute Gasteiger partial charge is 0.244 e. The highest BCUT2D eigenvalue weighted by molar-refractivity contribution is 6.41. The fraction of sp³-hybridized carbons (Fsp3) is 1.00. The maximum Gasteiger partial charge on any atom is 0.121 e. The van der Waals surface area contributed by atoms with Gasteiger partial charge in [-0.05, 0) is 19.8 Å². The lowest BCUT2D eigenvalue weighted by Gasteiger charge is -2.43. The molecule has 0 atom stereocenters. The van der Waals surface area contributed by atoms with Crippen LogP contribution in [-0.4, -0.2) is 12.9 Å². The van der Waals surface area contributed by atoms with Crippen molar-refractivity contribution in [3.8, 4) is 0 Å². The Morgan fingerprint density at radius 1 is 1.19 bits per heavy atom. The third-order valence-corrected chi connectivity index (χ3v) is 4.00. The van der Waals surface area contributed by atoms with E-state index >= 15 is 0 Å². The lowest BCUT2D eigenvalue weighted by molar-refractivity contribution is 0.104. The first kappa shape index (κ1) is 14.1. The summed E-state index contributed by atoms with van der Waals surface area (Å²) in [6, 6.07) is 0. The molecule has 0 N–H and O–H groups in total. The summed E-state index contributed by atoms with van der Waals surface area (Å²) in [5.41, 5.74) is -0.902. The van der Waals surface area contributed by atoms with Crippen molar-refractivity contribution in [3.05, 3.63) is 0 Å². The first-order valence-corrected chi connectivity index (χ1v) is 6.94. The van der Waals surface area contributed by atoms with Crippen molar-refractivity contribution < 1.29 is 4.39 Å². The molecule has 0 saturated heterocycles. The van der Waals surface area contributed by atoms with Crippen molar-refractivity contribution in [1.82, 2.24) is 0 Å². The third-order valence-electron chi connectivity index (χ3n) is 4.00. The van der Waals surface area contributed by atoms with Crippen LogP contribution in [0.5, 0.6) is 0 Å². The molecule has 1 aliphatic rings. The SMILES string of the molecule is CCCCC1([B]C(C)C)CCC(C)(F)CC1. The maximum atomic E-state index is 13.9. The molecule has 0 aliphatic heterocycles. The van der Waals surface area contributed by atoms with Crippen LogP contribution >= 0.6 is 0 Å². The summed E-state index contributed by atoms with van der Waals surface area (Å²) in [4.78, 5) is 0. The van der Waals surface area contributed by atoms with Gasteiger partial charge in [0.05, 0.1) is 0 Å². The first-order chi connectivity index (χ1) is 7.39. The van der Waals surface area contributed by atoms with Gasteiger partial charge in [-0.3, -0.25) is 0 Å². The molecule has 93 valence electrons.